The molecule has 7 nitrogen and oxygen atoms in total. The fraction of sp³-hybridized carbons (Fsp3) is 0. The molecular formula is C29H19N4O3-. The van der Waals surface area contributed by atoms with Gasteiger partial charge in [0.1, 0.15) is 5.75 Å². The number of aliphatic imine (C=N–C) groups is 2. The van der Waals surface area contributed by atoms with Crippen molar-refractivity contribution in [3.8, 4) is 11.5 Å². The second kappa shape index (κ2) is 8.56. The Hall–Kier alpha value is -5.17. The van der Waals surface area contributed by atoms with E-state index in [4.69, 9.17) is 0 Å². The van der Waals surface area contributed by atoms with Crippen LogP contribution in [-0.4, -0.2) is 27.5 Å². The molecule has 6 rings (SSSR count). The zero-order valence-electron chi connectivity index (χ0n) is 18.9. The summed E-state index contributed by atoms with van der Waals surface area (Å²) in [4.78, 5) is 26.6. The number of aromatic nitrogens is 2. The Kier molecular flexibility index (Phi) is 5.08. The standard InChI is InChI=1S/C29H20N4O3/c34-27-11-9-17-5-1-3-7-19(17)21(27)15-30-23-13-25-26(33-29(36)32-25)14-24(23)31-16-22-20-8-4-2-6-18(20)10-12-28(22)35/h1-16,34-35H,(H2,32,33,36)/p-1. The number of rotatable bonds is 4. The number of hydrogen-bond donors (Lipinski definition) is 3. The molecule has 6 aromatic rings. The summed E-state index contributed by atoms with van der Waals surface area (Å²) in [7, 11) is 0. The lowest BCUT2D eigenvalue weighted by Gasteiger charge is -2.13. The van der Waals surface area contributed by atoms with Crippen LogP contribution in [0.15, 0.2) is 99.7 Å². The summed E-state index contributed by atoms with van der Waals surface area (Å²) < 4.78 is 0. The third-order valence-corrected chi connectivity index (χ3v) is 6.15. The van der Waals surface area contributed by atoms with Gasteiger partial charge in [-0.15, -0.1) is 0 Å². The highest BCUT2D eigenvalue weighted by Gasteiger charge is 2.09. The Labute approximate surface area is 204 Å². The van der Waals surface area contributed by atoms with Gasteiger partial charge in [0.25, 0.3) is 0 Å². The van der Waals surface area contributed by atoms with Gasteiger partial charge in [-0.05, 0) is 45.3 Å². The third-order valence-electron chi connectivity index (χ3n) is 6.15. The van der Waals surface area contributed by atoms with Crippen molar-refractivity contribution < 1.29 is 10.2 Å². The van der Waals surface area contributed by atoms with Crippen LogP contribution in [0.25, 0.3) is 32.6 Å². The average Bonchev–Trinajstić information content (AvgIpc) is 3.26. The van der Waals surface area contributed by atoms with Gasteiger partial charge in [-0.3, -0.25) is 9.98 Å². The van der Waals surface area contributed by atoms with Gasteiger partial charge < -0.3 is 20.2 Å². The molecule has 1 heterocycles. The first-order valence-electron chi connectivity index (χ1n) is 11.3. The van der Waals surface area contributed by atoms with Gasteiger partial charge >= 0.3 is 5.69 Å². The highest BCUT2D eigenvalue weighted by atomic mass is 16.3. The van der Waals surface area contributed by atoms with Crippen molar-refractivity contribution in [1.29, 1.82) is 0 Å². The number of phenols is 1. The van der Waals surface area contributed by atoms with Gasteiger partial charge in [0.2, 0.25) is 0 Å². The maximum absolute atomic E-state index is 12.6. The number of imidazole rings is 1. The van der Waals surface area contributed by atoms with Crippen molar-refractivity contribution >= 4 is 56.4 Å². The normalized spacial score (nSPS) is 12.0. The minimum Gasteiger partial charge on any atom is -0.872 e. The van der Waals surface area contributed by atoms with E-state index in [1.54, 1.807) is 30.5 Å². The van der Waals surface area contributed by atoms with Gasteiger partial charge in [0.15, 0.2) is 0 Å². The number of fused-ring (bicyclic) bond motifs is 3. The summed E-state index contributed by atoms with van der Waals surface area (Å²) in [6.45, 7) is 0. The Morgan fingerprint density at radius 2 is 1.22 bits per heavy atom. The molecule has 0 saturated heterocycles. The first-order chi connectivity index (χ1) is 17.6. The molecule has 0 amide bonds. The maximum Gasteiger partial charge on any atom is 0.323 e. The number of nitrogens with zero attached hydrogens (tertiary/aromatic N) is 2. The number of H-pyrrole nitrogens is 2. The topological polar surface area (TPSA) is 117 Å². The predicted molar refractivity (Wildman–Crippen MR) is 142 cm³/mol. The Bertz CT molecular complexity index is 1760. The molecule has 0 spiro atoms. The first-order valence-corrected chi connectivity index (χ1v) is 11.3. The molecule has 0 fully saturated rings. The highest BCUT2D eigenvalue weighted by molar-refractivity contribution is 6.05. The van der Waals surface area contributed by atoms with Crippen LogP contribution in [0.5, 0.6) is 11.5 Å². The van der Waals surface area contributed by atoms with Gasteiger partial charge in [-0.2, -0.15) is 0 Å². The quantitative estimate of drug-likeness (QED) is 0.297. The lowest BCUT2D eigenvalue weighted by atomic mass is 10.0. The monoisotopic (exact) mass is 471 g/mol. The van der Waals surface area contributed by atoms with Crippen molar-refractivity contribution in [2.45, 2.75) is 0 Å². The number of phenolic OH excluding ortho intramolecular Hbond substituents is 1. The number of aromatic amines is 2. The Morgan fingerprint density at radius 3 is 1.86 bits per heavy atom. The Balaban J connectivity index is 1.50. The summed E-state index contributed by atoms with van der Waals surface area (Å²) in [6, 6.07) is 25.5. The molecule has 174 valence electrons. The van der Waals surface area contributed by atoms with E-state index in [2.05, 4.69) is 20.0 Å². The highest BCUT2D eigenvalue weighted by Crippen LogP contribution is 2.33. The van der Waals surface area contributed by atoms with Crippen molar-refractivity contribution in [3.05, 3.63) is 107 Å². The van der Waals surface area contributed by atoms with Crippen LogP contribution in [-0.2, 0) is 0 Å². The van der Waals surface area contributed by atoms with E-state index in [1.807, 2.05) is 54.6 Å². The first kappa shape index (κ1) is 21.4. The van der Waals surface area contributed by atoms with Crippen molar-refractivity contribution in [3.63, 3.8) is 0 Å². The lowest BCUT2D eigenvalue weighted by molar-refractivity contribution is -0.268. The van der Waals surface area contributed by atoms with E-state index in [0.29, 0.717) is 33.5 Å². The molecule has 0 aliphatic carbocycles. The SMILES string of the molecule is O=c1[nH]c2cc(N=Cc3c([O-])ccc4ccccc34)c(N=Cc3c(O)ccc4ccccc34)cc2[nH]1. The summed E-state index contributed by atoms with van der Waals surface area (Å²) in [5, 5.41) is 26.7. The van der Waals surface area contributed by atoms with E-state index in [-0.39, 0.29) is 17.2 Å². The molecule has 0 atom stereocenters. The van der Waals surface area contributed by atoms with Crippen LogP contribution in [0.1, 0.15) is 11.1 Å². The minimum absolute atomic E-state index is 0.102. The number of benzene rings is 5. The summed E-state index contributed by atoms with van der Waals surface area (Å²) in [6.07, 6.45) is 3.12. The smallest absolute Gasteiger partial charge is 0.323 e. The fourth-order valence-electron chi connectivity index (χ4n) is 4.36. The van der Waals surface area contributed by atoms with Crippen LogP contribution in [0.3, 0.4) is 0 Å². The molecule has 0 radical (unpaired) electrons. The van der Waals surface area contributed by atoms with E-state index >= 15 is 0 Å². The summed E-state index contributed by atoms with van der Waals surface area (Å²) in [5.41, 5.74) is 2.76. The summed E-state index contributed by atoms with van der Waals surface area (Å²) >= 11 is 0. The molecule has 3 N–H and O–H groups in total. The Morgan fingerprint density at radius 1 is 0.694 bits per heavy atom. The molecule has 0 aliphatic rings. The van der Waals surface area contributed by atoms with Crippen molar-refractivity contribution in [2.24, 2.45) is 9.98 Å². The van der Waals surface area contributed by atoms with Crippen LogP contribution >= 0.6 is 0 Å². The van der Waals surface area contributed by atoms with Crippen LogP contribution in [0, 0.1) is 0 Å². The van der Waals surface area contributed by atoms with Gasteiger partial charge in [0, 0.05) is 18.0 Å². The molecule has 1 aromatic heterocycles. The molecule has 0 saturated carbocycles. The van der Waals surface area contributed by atoms with Gasteiger partial charge in [0.05, 0.1) is 22.4 Å². The van der Waals surface area contributed by atoms with E-state index in [1.165, 1.54) is 12.3 Å². The van der Waals surface area contributed by atoms with E-state index < -0.39 is 0 Å². The second-order valence-electron chi connectivity index (χ2n) is 8.40. The largest absolute Gasteiger partial charge is 0.872 e. The number of nitrogens with one attached hydrogen (secondary N) is 2. The third kappa shape index (κ3) is 3.78. The van der Waals surface area contributed by atoms with E-state index in [0.717, 1.165) is 21.5 Å². The molecule has 5 aromatic carbocycles. The zero-order chi connectivity index (χ0) is 24.6. The summed E-state index contributed by atoms with van der Waals surface area (Å²) in [5.74, 6) is -0.0373. The average molecular weight is 471 g/mol. The van der Waals surface area contributed by atoms with E-state index in [9.17, 15) is 15.0 Å². The zero-order valence-corrected chi connectivity index (χ0v) is 18.9. The van der Waals surface area contributed by atoms with Crippen LogP contribution in [0.2, 0.25) is 0 Å². The number of hydrogen-bond acceptors (Lipinski definition) is 5. The fourth-order valence-corrected chi connectivity index (χ4v) is 4.36. The van der Waals surface area contributed by atoms with Gasteiger partial charge in [-0.25, -0.2) is 4.79 Å². The van der Waals surface area contributed by atoms with Crippen LogP contribution < -0.4 is 10.8 Å². The molecule has 0 bridgehead atoms. The minimum atomic E-state index is -0.344. The molecule has 0 aliphatic heterocycles. The molecular weight excluding hydrogens is 452 g/mol. The van der Waals surface area contributed by atoms with Crippen molar-refractivity contribution in [2.75, 3.05) is 0 Å². The predicted octanol–water partition coefficient (Wildman–Crippen LogP) is 5.44. The van der Waals surface area contributed by atoms with Crippen LogP contribution in [0.4, 0.5) is 11.4 Å². The van der Waals surface area contributed by atoms with Crippen molar-refractivity contribution in [1.82, 2.24) is 9.97 Å². The molecule has 7 heteroatoms. The number of aromatic hydroxyl groups is 1. The molecule has 0 unspecified atom stereocenters. The molecule has 36 heavy (non-hydrogen) atoms. The van der Waals surface area contributed by atoms with Gasteiger partial charge in [-0.1, -0.05) is 72.5 Å². The second-order valence-corrected chi connectivity index (χ2v) is 8.40. The maximum atomic E-state index is 12.6. The lowest BCUT2D eigenvalue weighted by Crippen LogP contribution is -1.99.